The Morgan fingerprint density at radius 2 is 0.963 bits per heavy atom. The first-order chi connectivity index (χ1) is 39.6. The van der Waals surface area contributed by atoms with Crippen LogP contribution in [0.1, 0.15) is 18.0 Å². The third-order valence-corrected chi connectivity index (χ3v) is 18.3. The van der Waals surface area contributed by atoms with Crippen molar-refractivity contribution in [2.75, 3.05) is 0 Å². The zero-order valence-electron chi connectivity index (χ0n) is 43.5. The maximum Gasteiger partial charge on any atom is 0.135 e. The predicted molar refractivity (Wildman–Crippen MR) is 340 cm³/mol. The summed E-state index contributed by atoms with van der Waals surface area (Å²) in [5.74, 6) is 0. The molecule has 17 rings (SSSR count). The van der Waals surface area contributed by atoms with Gasteiger partial charge in [0.25, 0.3) is 0 Å². The minimum Gasteiger partial charge on any atom is -0.456 e. The highest BCUT2D eigenvalue weighted by molar-refractivity contribution is 7.26. The average molecular weight is 1040 g/mol. The molecule has 12 aromatic carbocycles. The van der Waals surface area contributed by atoms with E-state index in [1.54, 1.807) is 0 Å². The molecule has 0 saturated heterocycles. The van der Waals surface area contributed by atoms with Gasteiger partial charge in [0.2, 0.25) is 0 Å². The van der Waals surface area contributed by atoms with Crippen LogP contribution in [0.3, 0.4) is 0 Å². The van der Waals surface area contributed by atoms with Crippen LogP contribution in [0, 0.1) is 0 Å². The van der Waals surface area contributed by atoms with E-state index >= 15 is 0 Å². The van der Waals surface area contributed by atoms with E-state index in [0.717, 1.165) is 34.0 Å². The summed E-state index contributed by atoms with van der Waals surface area (Å²) in [6, 6.07) is 94.2. The normalized spacial score (nSPS) is 13.8. The molecule has 0 radical (unpaired) electrons. The molecular weight excluding hydrogens is 989 g/mol. The van der Waals surface area contributed by atoms with E-state index in [-0.39, 0.29) is 6.04 Å². The lowest BCUT2D eigenvalue weighted by Crippen LogP contribution is -2.08. The molecular formula is C76H48N2OS. The van der Waals surface area contributed by atoms with Crippen LogP contribution >= 0.6 is 11.3 Å². The van der Waals surface area contributed by atoms with Gasteiger partial charge >= 0.3 is 0 Å². The fourth-order valence-corrected chi connectivity index (χ4v) is 14.4. The molecule has 0 aliphatic heterocycles. The Labute approximate surface area is 465 Å². The molecule has 0 N–H and O–H groups in total. The maximum absolute atomic E-state index is 6.30. The van der Waals surface area contributed by atoms with E-state index in [9.17, 15) is 0 Å². The lowest BCUT2D eigenvalue weighted by Gasteiger charge is -2.21. The zero-order valence-corrected chi connectivity index (χ0v) is 44.3. The van der Waals surface area contributed by atoms with Crippen molar-refractivity contribution in [3.63, 3.8) is 0 Å². The molecule has 4 heteroatoms. The van der Waals surface area contributed by atoms with Crippen LogP contribution in [0.2, 0.25) is 0 Å². The molecule has 0 bridgehead atoms. The average Bonchev–Trinajstić information content (AvgIpc) is 4.42. The SMILES string of the molecule is C1=CC(n2c3ccc(-c4ccc(-c5cccc6c5sc5ccccc56)cc4)cc3c3cc(-c4ccc5c(c4)c4c6ccccc6ccc4n5-c4ccc5oc6ccccc6c5c4)ccc32)CC=C1c1ccc(-c2ccccc2)cc1. The largest absolute Gasteiger partial charge is 0.456 e. The fourth-order valence-electron chi connectivity index (χ4n) is 13.2. The van der Waals surface area contributed by atoms with Crippen molar-refractivity contribution in [2.24, 2.45) is 0 Å². The summed E-state index contributed by atoms with van der Waals surface area (Å²) in [4.78, 5) is 0. The Bertz CT molecular complexity index is 5260. The highest BCUT2D eigenvalue weighted by Crippen LogP contribution is 2.45. The number of benzene rings is 12. The van der Waals surface area contributed by atoms with E-state index in [2.05, 4.69) is 276 Å². The quantitative estimate of drug-likeness (QED) is 0.156. The second-order valence-corrected chi connectivity index (χ2v) is 22.5. The van der Waals surface area contributed by atoms with Crippen molar-refractivity contribution in [1.29, 1.82) is 0 Å². The van der Waals surface area contributed by atoms with Crippen LogP contribution in [0.5, 0.6) is 0 Å². The summed E-state index contributed by atoms with van der Waals surface area (Å²) in [5.41, 5.74) is 20.0. The van der Waals surface area contributed by atoms with Crippen LogP contribution in [-0.2, 0) is 0 Å². The first-order valence-electron chi connectivity index (χ1n) is 27.6. The monoisotopic (exact) mass is 1040 g/mol. The zero-order chi connectivity index (χ0) is 52.4. The Kier molecular flexibility index (Phi) is 10.0. The van der Waals surface area contributed by atoms with E-state index in [1.807, 2.05) is 17.4 Å². The molecule has 0 fully saturated rings. The van der Waals surface area contributed by atoms with Crippen molar-refractivity contribution >= 4 is 113 Å². The van der Waals surface area contributed by atoms with Gasteiger partial charge < -0.3 is 13.6 Å². The van der Waals surface area contributed by atoms with E-state index in [4.69, 9.17) is 4.42 Å². The third kappa shape index (κ3) is 7.06. The van der Waals surface area contributed by atoms with Crippen molar-refractivity contribution in [2.45, 2.75) is 12.5 Å². The summed E-state index contributed by atoms with van der Waals surface area (Å²) in [7, 11) is 0. The predicted octanol–water partition coefficient (Wildman–Crippen LogP) is 21.6. The molecule has 374 valence electrons. The highest BCUT2D eigenvalue weighted by atomic mass is 32.1. The number of allylic oxidation sites excluding steroid dienone is 4. The van der Waals surface area contributed by atoms with Crippen molar-refractivity contribution < 1.29 is 4.42 Å². The molecule has 0 saturated carbocycles. The number of nitrogens with zero attached hydrogens (tertiary/aromatic N) is 2. The van der Waals surface area contributed by atoms with Crippen LogP contribution in [-0.4, -0.2) is 9.13 Å². The van der Waals surface area contributed by atoms with Gasteiger partial charge in [-0.15, -0.1) is 11.3 Å². The summed E-state index contributed by atoms with van der Waals surface area (Å²) in [5, 5.41) is 12.4. The first-order valence-corrected chi connectivity index (χ1v) is 28.5. The van der Waals surface area contributed by atoms with Crippen LogP contribution < -0.4 is 0 Å². The molecule has 1 atom stereocenters. The molecule has 3 nitrogen and oxygen atoms in total. The number of hydrogen-bond acceptors (Lipinski definition) is 2. The minimum atomic E-state index is 0.143. The summed E-state index contributed by atoms with van der Waals surface area (Å²) in [6.45, 7) is 0. The van der Waals surface area contributed by atoms with Gasteiger partial charge in [-0.25, -0.2) is 0 Å². The van der Waals surface area contributed by atoms with E-state index in [1.165, 1.54) is 130 Å². The smallest absolute Gasteiger partial charge is 0.135 e. The van der Waals surface area contributed by atoms with Gasteiger partial charge in [0.1, 0.15) is 11.2 Å². The number of para-hydroxylation sites is 1. The number of rotatable bonds is 7. The second-order valence-electron chi connectivity index (χ2n) is 21.5. The van der Waals surface area contributed by atoms with Crippen LogP contribution in [0.15, 0.2) is 277 Å². The minimum absolute atomic E-state index is 0.143. The Morgan fingerprint density at radius 1 is 0.375 bits per heavy atom. The summed E-state index contributed by atoms with van der Waals surface area (Å²) >= 11 is 1.89. The van der Waals surface area contributed by atoms with Crippen LogP contribution in [0.25, 0.3) is 152 Å². The number of thiophene rings is 1. The van der Waals surface area contributed by atoms with Crippen molar-refractivity contribution in [1.82, 2.24) is 9.13 Å². The first kappa shape index (κ1) is 45.1. The van der Waals surface area contributed by atoms with Gasteiger partial charge in [-0.05, 0) is 146 Å². The van der Waals surface area contributed by atoms with Crippen molar-refractivity contribution in [3.8, 4) is 50.2 Å². The van der Waals surface area contributed by atoms with Gasteiger partial charge in [0.05, 0.1) is 17.1 Å². The molecule has 0 amide bonds. The number of furan rings is 1. The fraction of sp³-hybridized carbons (Fsp3) is 0.0263. The molecule has 16 aromatic rings. The highest BCUT2D eigenvalue weighted by Gasteiger charge is 2.22. The summed E-state index contributed by atoms with van der Waals surface area (Å²) < 4.78 is 14.0. The number of fused-ring (bicyclic) bond motifs is 14. The molecule has 0 spiro atoms. The van der Waals surface area contributed by atoms with Gasteiger partial charge in [-0.1, -0.05) is 200 Å². The van der Waals surface area contributed by atoms with Gasteiger partial charge in [-0.2, -0.15) is 0 Å². The molecule has 1 unspecified atom stereocenters. The van der Waals surface area contributed by atoms with E-state index in [0.29, 0.717) is 0 Å². The molecule has 1 aliphatic carbocycles. The molecule has 80 heavy (non-hydrogen) atoms. The van der Waals surface area contributed by atoms with Crippen LogP contribution in [0.4, 0.5) is 0 Å². The Morgan fingerprint density at radius 3 is 1.74 bits per heavy atom. The third-order valence-electron chi connectivity index (χ3n) is 17.1. The van der Waals surface area contributed by atoms with Gasteiger partial charge in [0.15, 0.2) is 0 Å². The number of hydrogen-bond donors (Lipinski definition) is 0. The number of aromatic nitrogens is 2. The summed E-state index contributed by atoms with van der Waals surface area (Å²) in [6.07, 6.45) is 8.06. The Hall–Kier alpha value is -10.0. The maximum atomic E-state index is 6.30. The second kappa shape index (κ2) is 17.8. The molecule has 4 aromatic heterocycles. The lowest BCUT2D eigenvalue weighted by atomic mass is 9.95. The standard InChI is InChI=1S/C76H48N2OS/c1-2-11-47(12-3-1)48-21-23-49(24-22-48)50-29-35-57(36-30-50)77-68-38-32-54(51-25-27-53(28-26-51)60-17-10-18-63-62-16-7-9-20-74(62)80-76(60)63)43-64(68)65-44-55(33-39-69(65)77)56-34-40-70-67(45-56)75-59-14-5-4-13-52(59)31-41-71(75)78(70)58-37-42-73-66(46-58)61-15-6-8-19-72(61)79-73/h1-35,37-46,57H,36H2. The lowest BCUT2D eigenvalue weighted by molar-refractivity contribution is 0.649. The topological polar surface area (TPSA) is 23.0 Å². The Balaban J connectivity index is 0.797. The van der Waals surface area contributed by atoms with Crippen molar-refractivity contribution in [3.05, 3.63) is 279 Å². The van der Waals surface area contributed by atoms with Gasteiger partial charge in [0, 0.05) is 69.2 Å². The van der Waals surface area contributed by atoms with E-state index < -0.39 is 0 Å². The molecule has 1 aliphatic rings. The van der Waals surface area contributed by atoms with Gasteiger partial charge in [-0.3, -0.25) is 0 Å². The molecule has 4 heterocycles.